The Bertz CT molecular complexity index is 794. The molecule has 1 heterocycles. The van der Waals surface area contributed by atoms with Crippen LogP contribution in [0.3, 0.4) is 0 Å². The fourth-order valence-corrected chi connectivity index (χ4v) is 3.50. The predicted molar refractivity (Wildman–Crippen MR) is 96.0 cm³/mol. The molecule has 0 aliphatic rings. The number of aryl methyl sites for hydroxylation is 2. The Hall–Kier alpha value is -2.39. The highest BCUT2D eigenvalue weighted by Gasteiger charge is 2.19. The van der Waals surface area contributed by atoms with E-state index in [2.05, 4.69) is 11.4 Å². The summed E-state index contributed by atoms with van der Waals surface area (Å²) in [6, 6.07) is 19.9. The van der Waals surface area contributed by atoms with E-state index in [9.17, 15) is 4.79 Å². The van der Waals surface area contributed by atoms with E-state index in [0.717, 1.165) is 27.1 Å². The molecular formula is C20H19NOS. The van der Waals surface area contributed by atoms with Crippen molar-refractivity contribution in [2.45, 2.75) is 19.9 Å². The molecule has 2 nitrogen and oxygen atoms in total. The van der Waals surface area contributed by atoms with E-state index >= 15 is 0 Å². The topological polar surface area (TPSA) is 29.1 Å². The molecule has 0 radical (unpaired) electrons. The third-order valence-corrected chi connectivity index (χ3v) is 4.80. The van der Waals surface area contributed by atoms with Gasteiger partial charge < -0.3 is 5.32 Å². The summed E-state index contributed by atoms with van der Waals surface area (Å²) in [7, 11) is 0. The molecule has 0 saturated heterocycles. The van der Waals surface area contributed by atoms with Crippen LogP contribution in [0.4, 0.5) is 0 Å². The van der Waals surface area contributed by atoms with Gasteiger partial charge in [0.05, 0.1) is 6.04 Å². The van der Waals surface area contributed by atoms with Crippen LogP contribution in [0, 0.1) is 13.8 Å². The summed E-state index contributed by atoms with van der Waals surface area (Å²) in [6.07, 6.45) is 0. The van der Waals surface area contributed by atoms with E-state index in [-0.39, 0.29) is 11.9 Å². The van der Waals surface area contributed by atoms with Crippen molar-refractivity contribution < 1.29 is 4.79 Å². The van der Waals surface area contributed by atoms with E-state index in [1.807, 2.05) is 73.8 Å². The number of amides is 1. The van der Waals surface area contributed by atoms with Gasteiger partial charge in [-0.05, 0) is 42.5 Å². The van der Waals surface area contributed by atoms with Gasteiger partial charge in [-0.25, -0.2) is 0 Å². The van der Waals surface area contributed by atoms with Crippen molar-refractivity contribution in [3.63, 3.8) is 0 Å². The molecular weight excluding hydrogens is 302 g/mol. The minimum atomic E-state index is -0.121. The molecule has 0 fully saturated rings. The Morgan fingerprint density at radius 2 is 1.78 bits per heavy atom. The monoisotopic (exact) mass is 321 g/mol. The summed E-state index contributed by atoms with van der Waals surface area (Å²) >= 11 is 1.65. The number of carbonyl (C=O) groups is 1. The molecule has 1 amide bonds. The summed E-state index contributed by atoms with van der Waals surface area (Å²) in [5.41, 5.74) is 3.98. The number of hydrogen-bond acceptors (Lipinski definition) is 2. The summed E-state index contributed by atoms with van der Waals surface area (Å²) in [5.74, 6) is -0.0373. The predicted octanol–water partition coefficient (Wildman–Crippen LogP) is 4.88. The minimum Gasteiger partial charge on any atom is -0.340 e. The number of thiophene rings is 1. The maximum absolute atomic E-state index is 12.7. The second kappa shape index (κ2) is 6.80. The highest BCUT2D eigenvalue weighted by molar-refractivity contribution is 7.10. The lowest BCUT2D eigenvalue weighted by atomic mass is 10.0. The van der Waals surface area contributed by atoms with Crippen molar-refractivity contribution in [1.82, 2.24) is 5.32 Å². The van der Waals surface area contributed by atoms with Crippen LogP contribution >= 0.6 is 11.3 Å². The van der Waals surface area contributed by atoms with E-state index in [1.165, 1.54) is 0 Å². The van der Waals surface area contributed by atoms with Gasteiger partial charge in [-0.15, -0.1) is 11.3 Å². The van der Waals surface area contributed by atoms with Crippen molar-refractivity contribution in [2.24, 2.45) is 0 Å². The molecule has 1 unspecified atom stereocenters. The fourth-order valence-electron chi connectivity index (χ4n) is 2.70. The van der Waals surface area contributed by atoms with Crippen LogP contribution in [0.1, 0.15) is 38.0 Å². The van der Waals surface area contributed by atoms with Gasteiger partial charge in [-0.3, -0.25) is 4.79 Å². The van der Waals surface area contributed by atoms with Crippen LogP contribution < -0.4 is 5.32 Å². The molecule has 3 aromatic rings. The van der Waals surface area contributed by atoms with Gasteiger partial charge in [0, 0.05) is 10.4 Å². The Kier molecular flexibility index (Phi) is 4.58. The maximum atomic E-state index is 12.7. The first kappa shape index (κ1) is 15.5. The molecule has 0 aliphatic carbocycles. The first-order valence-electron chi connectivity index (χ1n) is 7.61. The Balaban J connectivity index is 1.91. The quantitative estimate of drug-likeness (QED) is 0.728. The number of benzene rings is 2. The number of carbonyl (C=O) groups excluding carboxylic acids is 1. The van der Waals surface area contributed by atoms with Crippen molar-refractivity contribution >= 4 is 17.2 Å². The molecule has 3 rings (SSSR count). The normalized spacial score (nSPS) is 11.9. The third-order valence-electron chi connectivity index (χ3n) is 3.86. The zero-order valence-electron chi connectivity index (χ0n) is 13.2. The molecule has 23 heavy (non-hydrogen) atoms. The zero-order chi connectivity index (χ0) is 16.2. The molecule has 1 N–H and O–H groups in total. The average molecular weight is 321 g/mol. The fraction of sp³-hybridized carbons (Fsp3) is 0.150. The summed E-state index contributed by atoms with van der Waals surface area (Å²) in [4.78, 5) is 13.9. The van der Waals surface area contributed by atoms with Gasteiger partial charge in [0.15, 0.2) is 0 Å². The summed E-state index contributed by atoms with van der Waals surface area (Å²) in [6.45, 7) is 4.01. The number of hydrogen-bond donors (Lipinski definition) is 1. The third kappa shape index (κ3) is 3.51. The van der Waals surface area contributed by atoms with E-state index in [0.29, 0.717) is 0 Å². The molecule has 2 aromatic carbocycles. The van der Waals surface area contributed by atoms with Crippen LogP contribution in [0.5, 0.6) is 0 Å². The zero-order valence-corrected chi connectivity index (χ0v) is 14.1. The van der Waals surface area contributed by atoms with Gasteiger partial charge in [-0.1, -0.05) is 54.1 Å². The second-order valence-electron chi connectivity index (χ2n) is 5.65. The van der Waals surface area contributed by atoms with Gasteiger partial charge in [0.2, 0.25) is 0 Å². The molecule has 0 aliphatic heterocycles. The number of nitrogens with one attached hydrogen (secondary N) is 1. The van der Waals surface area contributed by atoms with Crippen LogP contribution in [-0.2, 0) is 0 Å². The molecule has 0 spiro atoms. The summed E-state index contributed by atoms with van der Waals surface area (Å²) in [5, 5.41) is 5.22. The van der Waals surface area contributed by atoms with E-state index in [1.54, 1.807) is 11.3 Å². The van der Waals surface area contributed by atoms with Gasteiger partial charge in [0.25, 0.3) is 5.91 Å². The van der Waals surface area contributed by atoms with Crippen molar-refractivity contribution in [1.29, 1.82) is 0 Å². The highest BCUT2D eigenvalue weighted by atomic mass is 32.1. The average Bonchev–Trinajstić information content (AvgIpc) is 3.07. The second-order valence-corrected chi connectivity index (χ2v) is 6.63. The molecule has 116 valence electrons. The van der Waals surface area contributed by atoms with Crippen molar-refractivity contribution in [3.8, 4) is 0 Å². The van der Waals surface area contributed by atoms with Crippen LogP contribution in [-0.4, -0.2) is 5.91 Å². The first-order valence-corrected chi connectivity index (χ1v) is 8.49. The summed E-state index contributed by atoms with van der Waals surface area (Å²) < 4.78 is 0. The molecule has 3 heteroatoms. The number of rotatable bonds is 4. The van der Waals surface area contributed by atoms with Gasteiger partial charge in [0.1, 0.15) is 0 Å². The lowest BCUT2D eigenvalue weighted by Crippen LogP contribution is -2.29. The Morgan fingerprint density at radius 1 is 1.00 bits per heavy atom. The van der Waals surface area contributed by atoms with Crippen LogP contribution in [0.15, 0.2) is 66.0 Å². The largest absolute Gasteiger partial charge is 0.340 e. The Labute approximate surface area is 140 Å². The molecule has 0 saturated carbocycles. The van der Waals surface area contributed by atoms with Crippen molar-refractivity contribution in [2.75, 3.05) is 0 Å². The van der Waals surface area contributed by atoms with E-state index in [4.69, 9.17) is 0 Å². The molecule has 0 bridgehead atoms. The molecule has 1 atom stereocenters. The van der Waals surface area contributed by atoms with Crippen LogP contribution in [0.2, 0.25) is 0 Å². The highest BCUT2D eigenvalue weighted by Crippen LogP contribution is 2.26. The smallest absolute Gasteiger partial charge is 0.252 e. The molecule has 1 aromatic heterocycles. The SMILES string of the molecule is Cc1ccc(C(=O)NC(c2ccccc2)c2cccs2)c(C)c1. The van der Waals surface area contributed by atoms with Crippen LogP contribution in [0.25, 0.3) is 0 Å². The standard InChI is InChI=1S/C20H19NOS/c1-14-10-11-17(15(2)13-14)20(22)21-19(18-9-6-12-23-18)16-7-4-3-5-8-16/h3-13,19H,1-2H3,(H,21,22). The lowest BCUT2D eigenvalue weighted by Gasteiger charge is -2.19. The maximum Gasteiger partial charge on any atom is 0.252 e. The lowest BCUT2D eigenvalue weighted by molar-refractivity contribution is 0.0943. The van der Waals surface area contributed by atoms with E-state index < -0.39 is 0 Å². The van der Waals surface area contributed by atoms with Gasteiger partial charge >= 0.3 is 0 Å². The Morgan fingerprint density at radius 3 is 2.43 bits per heavy atom. The first-order chi connectivity index (χ1) is 11.1. The van der Waals surface area contributed by atoms with Gasteiger partial charge in [-0.2, -0.15) is 0 Å². The van der Waals surface area contributed by atoms with Crippen molar-refractivity contribution in [3.05, 3.63) is 93.2 Å². The minimum absolute atomic E-state index is 0.0373.